The number of methoxy groups -OCH3 is 1. The van der Waals surface area contributed by atoms with E-state index in [1.165, 1.54) is 0 Å². The highest BCUT2D eigenvalue weighted by Crippen LogP contribution is 2.18. The summed E-state index contributed by atoms with van der Waals surface area (Å²) in [6, 6.07) is 14.7. The standard InChI is InChI=1S/C18H21NO3/c1-4-22-17-11-5-14(6-12-17)13(2)19-18(20)15-7-9-16(21-3)10-8-15/h5-13H,4H2,1-3H3,(H,19,20). The van der Waals surface area contributed by atoms with Crippen molar-refractivity contribution < 1.29 is 14.3 Å². The second kappa shape index (κ2) is 7.50. The van der Waals surface area contributed by atoms with Crippen LogP contribution in [0.3, 0.4) is 0 Å². The Morgan fingerprint density at radius 2 is 1.64 bits per heavy atom. The molecule has 2 rings (SSSR count). The Kier molecular flexibility index (Phi) is 5.42. The van der Waals surface area contributed by atoms with Gasteiger partial charge in [-0.1, -0.05) is 12.1 Å². The number of amides is 1. The predicted octanol–water partition coefficient (Wildman–Crippen LogP) is 3.58. The predicted molar refractivity (Wildman–Crippen MR) is 86.5 cm³/mol. The molecule has 22 heavy (non-hydrogen) atoms. The molecular weight excluding hydrogens is 278 g/mol. The number of hydrogen-bond donors (Lipinski definition) is 1. The van der Waals surface area contributed by atoms with Gasteiger partial charge in [0.2, 0.25) is 0 Å². The van der Waals surface area contributed by atoms with Gasteiger partial charge in [0.15, 0.2) is 0 Å². The third kappa shape index (κ3) is 4.01. The zero-order chi connectivity index (χ0) is 15.9. The summed E-state index contributed by atoms with van der Waals surface area (Å²) in [7, 11) is 1.60. The average Bonchev–Trinajstić information content (AvgIpc) is 2.55. The van der Waals surface area contributed by atoms with Gasteiger partial charge in [-0.05, 0) is 55.8 Å². The van der Waals surface area contributed by atoms with Crippen LogP contribution in [0.15, 0.2) is 48.5 Å². The van der Waals surface area contributed by atoms with E-state index in [1.807, 2.05) is 38.1 Å². The summed E-state index contributed by atoms with van der Waals surface area (Å²) in [6.07, 6.45) is 0. The zero-order valence-electron chi connectivity index (χ0n) is 13.1. The Hall–Kier alpha value is -2.49. The van der Waals surface area contributed by atoms with E-state index in [2.05, 4.69) is 5.32 Å². The topological polar surface area (TPSA) is 47.6 Å². The lowest BCUT2D eigenvalue weighted by molar-refractivity contribution is 0.0940. The number of rotatable bonds is 6. The van der Waals surface area contributed by atoms with Crippen LogP contribution in [-0.4, -0.2) is 19.6 Å². The molecule has 0 aliphatic rings. The molecule has 0 fully saturated rings. The Bertz CT molecular complexity index is 605. The summed E-state index contributed by atoms with van der Waals surface area (Å²) in [5.41, 5.74) is 1.64. The highest BCUT2D eigenvalue weighted by Gasteiger charge is 2.11. The molecule has 0 aliphatic heterocycles. The van der Waals surface area contributed by atoms with Crippen LogP contribution in [0.5, 0.6) is 11.5 Å². The summed E-state index contributed by atoms with van der Waals surface area (Å²) in [5, 5.41) is 2.98. The largest absolute Gasteiger partial charge is 0.497 e. The Labute approximate surface area is 131 Å². The lowest BCUT2D eigenvalue weighted by atomic mass is 10.1. The number of nitrogens with one attached hydrogen (secondary N) is 1. The maximum Gasteiger partial charge on any atom is 0.251 e. The third-order valence-corrected chi connectivity index (χ3v) is 3.39. The van der Waals surface area contributed by atoms with Gasteiger partial charge in [0.05, 0.1) is 19.8 Å². The first-order valence-corrected chi connectivity index (χ1v) is 7.31. The van der Waals surface area contributed by atoms with Gasteiger partial charge in [-0.25, -0.2) is 0 Å². The molecule has 0 spiro atoms. The van der Waals surface area contributed by atoms with Crippen LogP contribution < -0.4 is 14.8 Å². The molecule has 1 unspecified atom stereocenters. The van der Waals surface area contributed by atoms with Gasteiger partial charge in [-0.3, -0.25) is 4.79 Å². The molecule has 2 aromatic carbocycles. The van der Waals surface area contributed by atoms with Crippen molar-refractivity contribution >= 4 is 5.91 Å². The molecule has 0 radical (unpaired) electrons. The van der Waals surface area contributed by atoms with Crippen LogP contribution in [0.1, 0.15) is 35.8 Å². The van der Waals surface area contributed by atoms with E-state index in [-0.39, 0.29) is 11.9 Å². The van der Waals surface area contributed by atoms with Crippen molar-refractivity contribution in [3.05, 3.63) is 59.7 Å². The van der Waals surface area contributed by atoms with Gasteiger partial charge in [-0.2, -0.15) is 0 Å². The first kappa shape index (κ1) is 15.9. The molecule has 4 heteroatoms. The fraction of sp³-hybridized carbons (Fsp3) is 0.278. The van der Waals surface area contributed by atoms with Crippen LogP contribution in [0.25, 0.3) is 0 Å². The van der Waals surface area contributed by atoms with E-state index in [4.69, 9.17) is 9.47 Å². The summed E-state index contributed by atoms with van der Waals surface area (Å²) in [4.78, 5) is 12.2. The molecular formula is C18H21NO3. The van der Waals surface area contributed by atoms with Crippen molar-refractivity contribution in [2.45, 2.75) is 19.9 Å². The molecule has 0 saturated heterocycles. The maximum absolute atomic E-state index is 12.2. The molecule has 0 heterocycles. The smallest absolute Gasteiger partial charge is 0.251 e. The summed E-state index contributed by atoms with van der Waals surface area (Å²) >= 11 is 0. The molecule has 0 saturated carbocycles. The molecule has 4 nitrogen and oxygen atoms in total. The molecule has 1 N–H and O–H groups in total. The van der Waals surface area contributed by atoms with Gasteiger partial charge in [0, 0.05) is 5.56 Å². The van der Waals surface area contributed by atoms with E-state index < -0.39 is 0 Å². The second-order valence-electron chi connectivity index (χ2n) is 4.93. The monoisotopic (exact) mass is 299 g/mol. The number of ether oxygens (including phenoxy) is 2. The fourth-order valence-electron chi connectivity index (χ4n) is 2.13. The van der Waals surface area contributed by atoms with Gasteiger partial charge in [0.1, 0.15) is 11.5 Å². The molecule has 2 aromatic rings. The quantitative estimate of drug-likeness (QED) is 0.887. The normalized spacial score (nSPS) is 11.6. The molecule has 1 atom stereocenters. The van der Waals surface area contributed by atoms with E-state index >= 15 is 0 Å². The molecule has 0 aliphatic carbocycles. The van der Waals surface area contributed by atoms with E-state index in [0.29, 0.717) is 12.2 Å². The summed E-state index contributed by atoms with van der Waals surface area (Å²) < 4.78 is 10.5. The fourth-order valence-corrected chi connectivity index (χ4v) is 2.13. The zero-order valence-corrected chi connectivity index (χ0v) is 13.1. The van der Waals surface area contributed by atoms with Crippen LogP contribution in [0.4, 0.5) is 0 Å². The molecule has 116 valence electrons. The van der Waals surface area contributed by atoms with Crippen LogP contribution in [-0.2, 0) is 0 Å². The first-order chi connectivity index (χ1) is 10.6. The first-order valence-electron chi connectivity index (χ1n) is 7.31. The number of hydrogen-bond acceptors (Lipinski definition) is 3. The van der Waals surface area contributed by atoms with Gasteiger partial charge < -0.3 is 14.8 Å². The van der Waals surface area contributed by atoms with Crippen molar-refractivity contribution in [1.29, 1.82) is 0 Å². The average molecular weight is 299 g/mol. The highest BCUT2D eigenvalue weighted by atomic mass is 16.5. The van der Waals surface area contributed by atoms with E-state index in [0.717, 1.165) is 17.1 Å². The Morgan fingerprint density at radius 3 is 2.18 bits per heavy atom. The van der Waals surface area contributed by atoms with Crippen molar-refractivity contribution in [2.24, 2.45) is 0 Å². The van der Waals surface area contributed by atoms with Crippen molar-refractivity contribution in [3.63, 3.8) is 0 Å². The summed E-state index contributed by atoms with van der Waals surface area (Å²) in [6.45, 7) is 4.55. The van der Waals surface area contributed by atoms with Crippen molar-refractivity contribution in [3.8, 4) is 11.5 Å². The lowest BCUT2D eigenvalue weighted by Gasteiger charge is -2.15. The van der Waals surface area contributed by atoms with Crippen molar-refractivity contribution in [1.82, 2.24) is 5.32 Å². The number of carbonyl (C=O) groups is 1. The second-order valence-corrected chi connectivity index (χ2v) is 4.93. The number of carbonyl (C=O) groups excluding carboxylic acids is 1. The van der Waals surface area contributed by atoms with E-state index in [1.54, 1.807) is 31.4 Å². The van der Waals surface area contributed by atoms with Gasteiger partial charge in [0.25, 0.3) is 5.91 Å². The molecule has 0 aromatic heterocycles. The summed E-state index contributed by atoms with van der Waals surface area (Å²) in [5.74, 6) is 1.46. The Balaban J connectivity index is 2.00. The SMILES string of the molecule is CCOc1ccc(C(C)NC(=O)c2ccc(OC)cc2)cc1. The van der Waals surface area contributed by atoms with Crippen LogP contribution in [0, 0.1) is 0 Å². The van der Waals surface area contributed by atoms with Crippen molar-refractivity contribution in [2.75, 3.05) is 13.7 Å². The molecule has 0 bridgehead atoms. The minimum atomic E-state index is -0.107. The van der Waals surface area contributed by atoms with Gasteiger partial charge >= 0.3 is 0 Å². The minimum absolute atomic E-state index is 0.0784. The third-order valence-electron chi connectivity index (χ3n) is 3.39. The maximum atomic E-state index is 12.2. The molecule has 1 amide bonds. The van der Waals surface area contributed by atoms with Gasteiger partial charge in [-0.15, -0.1) is 0 Å². The number of benzene rings is 2. The van der Waals surface area contributed by atoms with Crippen LogP contribution >= 0.6 is 0 Å². The highest BCUT2D eigenvalue weighted by molar-refractivity contribution is 5.94. The lowest BCUT2D eigenvalue weighted by Crippen LogP contribution is -2.26. The minimum Gasteiger partial charge on any atom is -0.497 e. The van der Waals surface area contributed by atoms with Crippen LogP contribution in [0.2, 0.25) is 0 Å². The van der Waals surface area contributed by atoms with E-state index in [9.17, 15) is 4.79 Å². The Morgan fingerprint density at radius 1 is 1.05 bits per heavy atom.